The fourth-order valence-electron chi connectivity index (χ4n) is 6.76. The van der Waals surface area contributed by atoms with Crippen LogP contribution in [0.5, 0.6) is 17.2 Å². The van der Waals surface area contributed by atoms with E-state index in [4.69, 9.17) is 51.1 Å². The quantitative estimate of drug-likeness (QED) is 0.0466. The first kappa shape index (κ1) is 48.1. The molecule has 64 heavy (non-hydrogen) atoms. The van der Waals surface area contributed by atoms with E-state index in [1.54, 1.807) is 30.3 Å². The zero-order valence-electron chi connectivity index (χ0n) is 34.9. The molecule has 18 heteroatoms. The number of halogens is 4. The first-order valence-electron chi connectivity index (χ1n) is 20.6. The molecular formula is C46H46Cl4N6O7S. The fourth-order valence-corrected chi connectivity index (χ4v) is 9.17. The third-order valence-electron chi connectivity index (χ3n) is 10.2. The lowest BCUT2D eigenvalue weighted by molar-refractivity contribution is -0.123. The Morgan fingerprint density at radius 1 is 0.812 bits per heavy atom. The van der Waals surface area contributed by atoms with Gasteiger partial charge in [-0.1, -0.05) is 104 Å². The van der Waals surface area contributed by atoms with E-state index in [9.17, 15) is 28.2 Å². The largest absolute Gasteiger partial charge is 0.508 e. The second kappa shape index (κ2) is 22.0. The summed E-state index contributed by atoms with van der Waals surface area (Å²) in [4.78, 5) is 28.0. The molecule has 0 spiro atoms. The molecule has 0 fully saturated rings. The number of benzene rings is 5. The Morgan fingerprint density at radius 2 is 1.44 bits per heavy atom. The van der Waals surface area contributed by atoms with Crippen LogP contribution in [0, 0.1) is 6.92 Å². The number of hydrazone groups is 1. The highest BCUT2D eigenvalue weighted by molar-refractivity contribution is 7.91. The number of amides is 2. The molecule has 0 saturated carbocycles. The van der Waals surface area contributed by atoms with E-state index < -0.39 is 33.8 Å². The summed E-state index contributed by atoms with van der Waals surface area (Å²) < 4.78 is 32.7. The van der Waals surface area contributed by atoms with E-state index in [0.717, 1.165) is 42.7 Å². The first-order valence-corrected chi connectivity index (χ1v) is 23.6. The minimum absolute atomic E-state index is 0.0175. The van der Waals surface area contributed by atoms with Gasteiger partial charge in [-0.15, -0.1) is 5.10 Å². The molecule has 2 atom stereocenters. The van der Waals surface area contributed by atoms with Gasteiger partial charge in [-0.2, -0.15) is 15.2 Å². The molecule has 0 bridgehead atoms. The number of sulfone groups is 1. The van der Waals surface area contributed by atoms with Crippen LogP contribution in [0.15, 0.2) is 122 Å². The minimum atomic E-state index is -3.88. The van der Waals surface area contributed by atoms with Gasteiger partial charge in [0.25, 0.3) is 11.8 Å². The molecule has 0 saturated heterocycles. The number of anilines is 3. The number of phenolic OH excluding ortho intramolecular Hbond substituents is 2. The second-order valence-corrected chi connectivity index (χ2v) is 18.7. The number of nitrogens with one attached hydrogen (secondary N) is 2. The molecule has 336 valence electrons. The van der Waals surface area contributed by atoms with Crippen molar-refractivity contribution >= 4 is 96.6 Å². The maximum Gasteiger partial charge on any atom is 0.282 e. The highest BCUT2D eigenvalue weighted by Crippen LogP contribution is 2.40. The van der Waals surface area contributed by atoms with E-state index in [1.807, 2.05) is 6.92 Å². The van der Waals surface area contributed by atoms with Crippen molar-refractivity contribution in [2.45, 2.75) is 93.6 Å². The Balaban J connectivity index is 1.23. The standard InChI is InChI=1S/C46H46Cl4N6O7S/c1-3-4-5-6-7-8-9-10-11-41(63-32-16-20-34(21-17-32)64(61,62)33-18-14-31(57)15-19-33)45(59)51-30-13-22-35(48)38(27-30)52-44-42(54-53-39-24-28(2)12-23-40(39)58)46(60)56(55-44)43-36(49)25-29(47)26-37(43)50/h12-27,41-42,57-58H,3-11H2,1-2H3,(H,51,59)(H,52,55)/b54-53+. The Bertz CT molecular complexity index is 2630. The fraction of sp³-hybridized carbons (Fsp3) is 0.283. The predicted octanol–water partition coefficient (Wildman–Crippen LogP) is 12.7. The summed E-state index contributed by atoms with van der Waals surface area (Å²) in [5.74, 6) is -1.10. The number of phenols is 2. The van der Waals surface area contributed by atoms with Crippen LogP contribution in [-0.2, 0) is 19.4 Å². The number of rotatable bonds is 19. The van der Waals surface area contributed by atoms with Gasteiger partial charge in [0.05, 0.1) is 30.5 Å². The molecule has 0 radical (unpaired) electrons. The molecule has 13 nitrogen and oxygen atoms in total. The Hall–Kier alpha value is -5.38. The average Bonchev–Trinajstić information content (AvgIpc) is 3.55. The van der Waals surface area contributed by atoms with E-state index in [2.05, 4.69) is 32.9 Å². The van der Waals surface area contributed by atoms with Crippen molar-refractivity contribution in [1.82, 2.24) is 0 Å². The van der Waals surface area contributed by atoms with Crippen LogP contribution in [0.25, 0.3) is 0 Å². The second-order valence-electron chi connectivity index (χ2n) is 15.1. The Labute approximate surface area is 392 Å². The summed E-state index contributed by atoms with van der Waals surface area (Å²) in [6.45, 7) is 3.99. The number of carbonyl (C=O) groups excluding carboxylic acids is 2. The van der Waals surface area contributed by atoms with Crippen molar-refractivity contribution in [2.75, 3.05) is 15.6 Å². The number of amidine groups is 1. The molecule has 1 aliphatic heterocycles. The summed E-state index contributed by atoms with van der Waals surface area (Å²) in [7, 11) is -3.88. The monoisotopic (exact) mass is 966 g/mol. The van der Waals surface area contributed by atoms with Crippen molar-refractivity contribution < 1.29 is 33.0 Å². The van der Waals surface area contributed by atoms with Crippen molar-refractivity contribution in [3.05, 3.63) is 123 Å². The lowest BCUT2D eigenvalue weighted by atomic mass is 10.1. The van der Waals surface area contributed by atoms with Crippen LogP contribution in [0.2, 0.25) is 20.1 Å². The van der Waals surface area contributed by atoms with Gasteiger partial charge >= 0.3 is 0 Å². The average molecular weight is 969 g/mol. The van der Waals surface area contributed by atoms with Crippen LogP contribution in [0.3, 0.4) is 0 Å². The van der Waals surface area contributed by atoms with Gasteiger partial charge in [-0.3, -0.25) is 9.59 Å². The van der Waals surface area contributed by atoms with Crippen LogP contribution < -0.4 is 20.4 Å². The number of ether oxygens (including phenoxy) is 1. The maximum absolute atomic E-state index is 14.0. The zero-order valence-corrected chi connectivity index (χ0v) is 38.7. The molecule has 1 aliphatic rings. The van der Waals surface area contributed by atoms with Gasteiger partial charge < -0.3 is 25.6 Å². The van der Waals surface area contributed by atoms with Crippen LogP contribution in [0.4, 0.5) is 22.7 Å². The third-order valence-corrected chi connectivity index (χ3v) is 13.1. The normalized spacial score (nSPS) is 14.5. The molecule has 0 aromatic heterocycles. The smallest absolute Gasteiger partial charge is 0.282 e. The van der Waals surface area contributed by atoms with Gasteiger partial charge in [0.2, 0.25) is 15.9 Å². The number of nitrogens with zero attached hydrogens (tertiary/aromatic N) is 4. The SMILES string of the molecule is CCCCCCCCCCC(Oc1ccc(S(=O)(=O)c2ccc(O)cc2)cc1)C(=O)Nc1ccc(Cl)c(NC2=NN(c3c(Cl)cc(Cl)cc3Cl)C(=O)C2/N=N/c2cc(C)ccc2O)c1. The van der Waals surface area contributed by atoms with Crippen LogP contribution in [-0.4, -0.2) is 48.4 Å². The van der Waals surface area contributed by atoms with Crippen molar-refractivity contribution in [3.8, 4) is 17.2 Å². The Morgan fingerprint density at radius 3 is 2.09 bits per heavy atom. The molecule has 0 aliphatic carbocycles. The minimum Gasteiger partial charge on any atom is -0.508 e. The number of hydrogen-bond donors (Lipinski definition) is 4. The molecule has 2 amide bonds. The molecule has 1 heterocycles. The van der Waals surface area contributed by atoms with Crippen molar-refractivity contribution in [2.24, 2.45) is 15.3 Å². The molecule has 5 aromatic rings. The molecular weight excluding hydrogens is 922 g/mol. The number of hydrogen-bond acceptors (Lipinski definition) is 11. The van der Waals surface area contributed by atoms with E-state index >= 15 is 0 Å². The number of unbranched alkanes of at least 4 members (excludes halogenated alkanes) is 7. The Kier molecular flexibility index (Phi) is 16.5. The van der Waals surface area contributed by atoms with Gasteiger partial charge in [0.1, 0.15) is 28.6 Å². The van der Waals surface area contributed by atoms with Gasteiger partial charge in [-0.05, 0) is 116 Å². The van der Waals surface area contributed by atoms with E-state index in [0.29, 0.717) is 18.5 Å². The number of aromatic hydroxyl groups is 2. The number of aryl methyl sites for hydroxylation is 1. The molecule has 4 N–H and O–H groups in total. The summed E-state index contributed by atoms with van der Waals surface area (Å²) in [6.07, 6.45) is 7.84. The van der Waals surface area contributed by atoms with Crippen LogP contribution >= 0.6 is 46.4 Å². The zero-order chi connectivity index (χ0) is 46.0. The topological polar surface area (TPSA) is 182 Å². The number of azo groups is 1. The lowest BCUT2D eigenvalue weighted by Crippen LogP contribution is -2.33. The third kappa shape index (κ3) is 12.2. The highest BCUT2D eigenvalue weighted by Gasteiger charge is 2.40. The van der Waals surface area contributed by atoms with Crippen LogP contribution in [0.1, 0.15) is 70.3 Å². The van der Waals surface area contributed by atoms with Crippen molar-refractivity contribution in [1.29, 1.82) is 0 Å². The summed E-state index contributed by atoms with van der Waals surface area (Å²) in [5.41, 5.74) is 1.53. The van der Waals surface area contributed by atoms with Gasteiger partial charge in [-0.25, -0.2) is 8.42 Å². The van der Waals surface area contributed by atoms with E-state index in [1.165, 1.54) is 79.6 Å². The molecule has 2 unspecified atom stereocenters. The summed E-state index contributed by atoms with van der Waals surface area (Å²) in [6, 6.07) is 21.9. The number of carbonyl (C=O) groups is 2. The summed E-state index contributed by atoms with van der Waals surface area (Å²) in [5, 5.41) is 40.5. The molecule has 5 aromatic carbocycles. The van der Waals surface area contributed by atoms with Crippen molar-refractivity contribution in [3.63, 3.8) is 0 Å². The maximum atomic E-state index is 14.0. The molecule has 6 rings (SSSR count). The lowest BCUT2D eigenvalue weighted by Gasteiger charge is -2.20. The van der Waals surface area contributed by atoms with Gasteiger partial charge in [0, 0.05) is 10.7 Å². The highest BCUT2D eigenvalue weighted by atomic mass is 35.5. The summed E-state index contributed by atoms with van der Waals surface area (Å²) >= 11 is 25.8. The van der Waals surface area contributed by atoms with E-state index in [-0.39, 0.29) is 70.0 Å². The van der Waals surface area contributed by atoms with Gasteiger partial charge in [0.15, 0.2) is 11.9 Å². The predicted molar refractivity (Wildman–Crippen MR) is 253 cm³/mol. The first-order chi connectivity index (χ1) is 30.6.